The Bertz CT molecular complexity index is 621. The molecule has 2 heteroatoms. The Hall–Kier alpha value is -1.80. The highest BCUT2D eigenvalue weighted by molar-refractivity contribution is 5.58. The first-order chi connectivity index (χ1) is 10.4. The third kappa shape index (κ3) is 2.44. The highest BCUT2D eigenvalue weighted by Gasteiger charge is 2.26. The van der Waals surface area contributed by atoms with Gasteiger partial charge in [0.05, 0.1) is 0 Å². The molecule has 2 aromatic rings. The lowest BCUT2D eigenvalue weighted by atomic mass is 9.97. The monoisotopic (exact) mass is 278 g/mol. The summed E-state index contributed by atoms with van der Waals surface area (Å²) >= 11 is 0. The third-order valence-electron chi connectivity index (χ3n) is 4.92. The predicted molar refractivity (Wildman–Crippen MR) is 87.9 cm³/mol. The van der Waals surface area contributed by atoms with Crippen LogP contribution in [0.2, 0.25) is 0 Å². The van der Waals surface area contributed by atoms with Crippen LogP contribution in [0.1, 0.15) is 29.0 Å². The summed E-state index contributed by atoms with van der Waals surface area (Å²) in [7, 11) is 0. The number of benzene rings is 2. The predicted octanol–water partition coefficient (Wildman–Crippen LogP) is 3.33. The summed E-state index contributed by atoms with van der Waals surface area (Å²) in [6.45, 7) is 4.48. The van der Waals surface area contributed by atoms with E-state index in [1.54, 1.807) is 5.56 Å². The SMILES string of the molecule is c1ccc(C2CCN(c3cccc4c3CCNC4)C2)cc1. The number of fused-ring (bicyclic) bond motifs is 1. The van der Waals surface area contributed by atoms with Crippen LogP contribution in [0.25, 0.3) is 0 Å². The molecule has 21 heavy (non-hydrogen) atoms. The second kappa shape index (κ2) is 5.53. The van der Waals surface area contributed by atoms with Crippen LogP contribution in [0.15, 0.2) is 48.5 Å². The van der Waals surface area contributed by atoms with E-state index >= 15 is 0 Å². The maximum Gasteiger partial charge on any atom is 0.0402 e. The van der Waals surface area contributed by atoms with Gasteiger partial charge in [0.15, 0.2) is 0 Å². The second-order valence-electron chi connectivity index (χ2n) is 6.18. The minimum absolute atomic E-state index is 0.684. The van der Waals surface area contributed by atoms with Crippen molar-refractivity contribution in [3.8, 4) is 0 Å². The van der Waals surface area contributed by atoms with Gasteiger partial charge in [0.1, 0.15) is 0 Å². The molecule has 0 aliphatic carbocycles. The average molecular weight is 278 g/mol. The number of nitrogens with one attached hydrogen (secondary N) is 1. The van der Waals surface area contributed by atoms with Crippen molar-refractivity contribution < 1.29 is 0 Å². The van der Waals surface area contributed by atoms with Crippen molar-refractivity contribution in [2.75, 3.05) is 24.5 Å². The molecule has 1 atom stereocenters. The molecule has 0 spiro atoms. The molecule has 1 fully saturated rings. The van der Waals surface area contributed by atoms with Gasteiger partial charge in [0.2, 0.25) is 0 Å². The van der Waals surface area contributed by atoms with Crippen LogP contribution in [0.3, 0.4) is 0 Å². The topological polar surface area (TPSA) is 15.3 Å². The van der Waals surface area contributed by atoms with Crippen LogP contribution in [0, 0.1) is 0 Å². The molecule has 108 valence electrons. The number of hydrogen-bond donors (Lipinski definition) is 1. The van der Waals surface area contributed by atoms with Gasteiger partial charge in [-0.1, -0.05) is 42.5 Å². The molecule has 0 radical (unpaired) electrons. The molecule has 0 aromatic heterocycles. The van der Waals surface area contributed by atoms with E-state index in [-0.39, 0.29) is 0 Å². The summed E-state index contributed by atoms with van der Waals surface area (Å²) in [5.74, 6) is 0.684. The van der Waals surface area contributed by atoms with Gasteiger partial charge < -0.3 is 10.2 Å². The number of rotatable bonds is 2. The van der Waals surface area contributed by atoms with Crippen LogP contribution in [0.5, 0.6) is 0 Å². The molecule has 2 aliphatic rings. The fraction of sp³-hybridized carbons (Fsp3) is 0.368. The molecule has 0 amide bonds. The maximum absolute atomic E-state index is 3.47. The number of hydrogen-bond acceptors (Lipinski definition) is 2. The zero-order chi connectivity index (χ0) is 14.1. The first-order valence-electron chi connectivity index (χ1n) is 8.03. The van der Waals surface area contributed by atoms with E-state index in [1.165, 1.54) is 29.8 Å². The van der Waals surface area contributed by atoms with Crippen LogP contribution in [0.4, 0.5) is 5.69 Å². The fourth-order valence-corrected chi connectivity index (χ4v) is 3.78. The first kappa shape index (κ1) is 12.9. The van der Waals surface area contributed by atoms with Crippen LogP contribution in [-0.4, -0.2) is 19.6 Å². The molecule has 2 nitrogen and oxygen atoms in total. The Morgan fingerprint density at radius 3 is 2.81 bits per heavy atom. The van der Waals surface area contributed by atoms with Crippen molar-refractivity contribution in [3.63, 3.8) is 0 Å². The van der Waals surface area contributed by atoms with E-state index in [4.69, 9.17) is 0 Å². The van der Waals surface area contributed by atoms with E-state index in [9.17, 15) is 0 Å². The Morgan fingerprint density at radius 1 is 1.00 bits per heavy atom. The lowest BCUT2D eigenvalue weighted by Gasteiger charge is -2.27. The zero-order valence-electron chi connectivity index (χ0n) is 12.4. The Labute approximate surface area is 126 Å². The summed E-state index contributed by atoms with van der Waals surface area (Å²) < 4.78 is 0. The standard InChI is InChI=1S/C19H22N2/c1-2-5-15(6-3-1)17-10-12-21(14-17)19-8-4-7-16-13-20-11-9-18(16)19/h1-8,17,20H,9-14H2. The molecule has 2 aromatic carbocycles. The molecule has 1 N–H and O–H groups in total. The van der Waals surface area contributed by atoms with Gasteiger partial charge in [0.25, 0.3) is 0 Å². The van der Waals surface area contributed by atoms with Gasteiger partial charge in [-0.25, -0.2) is 0 Å². The summed E-state index contributed by atoms with van der Waals surface area (Å²) in [6, 6.07) is 17.8. The number of nitrogens with zero attached hydrogens (tertiary/aromatic N) is 1. The smallest absolute Gasteiger partial charge is 0.0402 e. The summed E-state index contributed by atoms with van der Waals surface area (Å²) in [6.07, 6.45) is 2.43. The molecule has 4 rings (SSSR count). The van der Waals surface area contributed by atoms with E-state index in [0.29, 0.717) is 5.92 Å². The lowest BCUT2D eigenvalue weighted by Crippen LogP contribution is -2.27. The molecule has 2 heterocycles. The summed E-state index contributed by atoms with van der Waals surface area (Å²) in [5, 5.41) is 3.47. The Balaban J connectivity index is 1.59. The highest BCUT2D eigenvalue weighted by Crippen LogP contribution is 2.34. The minimum atomic E-state index is 0.684. The van der Waals surface area contributed by atoms with Crippen molar-refractivity contribution >= 4 is 5.69 Å². The summed E-state index contributed by atoms with van der Waals surface area (Å²) in [4.78, 5) is 2.60. The van der Waals surface area contributed by atoms with Gasteiger partial charge in [-0.2, -0.15) is 0 Å². The van der Waals surface area contributed by atoms with Crippen molar-refractivity contribution in [2.45, 2.75) is 25.3 Å². The van der Waals surface area contributed by atoms with Crippen LogP contribution < -0.4 is 10.2 Å². The van der Waals surface area contributed by atoms with Gasteiger partial charge in [0, 0.05) is 31.2 Å². The molecule has 0 saturated carbocycles. The zero-order valence-corrected chi connectivity index (χ0v) is 12.4. The molecular formula is C19H22N2. The Morgan fingerprint density at radius 2 is 1.90 bits per heavy atom. The molecule has 1 saturated heterocycles. The van der Waals surface area contributed by atoms with E-state index in [2.05, 4.69) is 58.7 Å². The second-order valence-corrected chi connectivity index (χ2v) is 6.18. The fourth-order valence-electron chi connectivity index (χ4n) is 3.78. The lowest BCUT2D eigenvalue weighted by molar-refractivity contribution is 0.642. The molecule has 0 bridgehead atoms. The molecule has 2 aliphatic heterocycles. The van der Waals surface area contributed by atoms with Crippen molar-refractivity contribution in [3.05, 3.63) is 65.2 Å². The normalized spacial score (nSPS) is 21.3. The van der Waals surface area contributed by atoms with E-state index in [0.717, 1.165) is 26.1 Å². The maximum atomic E-state index is 3.47. The van der Waals surface area contributed by atoms with Gasteiger partial charge in [-0.15, -0.1) is 0 Å². The highest BCUT2D eigenvalue weighted by atomic mass is 15.2. The van der Waals surface area contributed by atoms with Gasteiger partial charge in [-0.05, 0) is 42.1 Å². The quantitative estimate of drug-likeness (QED) is 0.906. The average Bonchev–Trinajstić information content (AvgIpc) is 3.05. The Kier molecular flexibility index (Phi) is 3.40. The number of anilines is 1. The van der Waals surface area contributed by atoms with Crippen molar-refractivity contribution in [2.24, 2.45) is 0 Å². The molecular weight excluding hydrogens is 256 g/mol. The largest absolute Gasteiger partial charge is 0.371 e. The van der Waals surface area contributed by atoms with Crippen LogP contribution in [-0.2, 0) is 13.0 Å². The van der Waals surface area contributed by atoms with Crippen molar-refractivity contribution in [1.82, 2.24) is 5.32 Å². The van der Waals surface area contributed by atoms with Gasteiger partial charge in [-0.3, -0.25) is 0 Å². The minimum Gasteiger partial charge on any atom is -0.371 e. The van der Waals surface area contributed by atoms with E-state index in [1.807, 2.05) is 0 Å². The first-order valence-corrected chi connectivity index (χ1v) is 8.03. The van der Waals surface area contributed by atoms with Crippen LogP contribution >= 0.6 is 0 Å². The summed E-state index contributed by atoms with van der Waals surface area (Å²) in [5.41, 5.74) is 6.03. The third-order valence-corrected chi connectivity index (χ3v) is 4.92. The van der Waals surface area contributed by atoms with Crippen molar-refractivity contribution in [1.29, 1.82) is 0 Å². The van der Waals surface area contributed by atoms with Gasteiger partial charge >= 0.3 is 0 Å². The molecule has 1 unspecified atom stereocenters. The van der Waals surface area contributed by atoms with E-state index < -0.39 is 0 Å².